The lowest BCUT2D eigenvalue weighted by Crippen LogP contribution is -2.41. The average molecular weight is 313 g/mol. The zero-order valence-electron chi connectivity index (χ0n) is 12.4. The van der Waals surface area contributed by atoms with Gasteiger partial charge in [-0.15, -0.1) is 11.3 Å². The van der Waals surface area contributed by atoms with Crippen molar-refractivity contribution in [2.45, 2.75) is 45.2 Å². The summed E-state index contributed by atoms with van der Waals surface area (Å²) in [6.45, 7) is 7.99. The third-order valence-electron chi connectivity index (χ3n) is 3.19. The van der Waals surface area contributed by atoms with E-state index in [1.165, 1.54) is 0 Å². The number of thiazole rings is 1. The summed E-state index contributed by atoms with van der Waals surface area (Å²) >= 11 is 3.53. The van der Waals surface area contributed by atoms with E-state index >= 15 is 0 Å². The van der Waals surface area contributed by atoms with Crippen molar-refractivity contribution in [3.8, 4) is 0 Å². The lowest BCUT2D eigenvalue weighted by Gasteiger charge is -2.22. The summed E-state index contributed by atoms with van der Waals surface area (Å²) in [7, 11) is 0. The highest BCUT2D eigenvalue weighted by molar-refractivity contribution is 7.99. The largest absolute Gasteiger partial charge is 0.350 e. The summed E-state index contributed by atoms with van der Waals surface area (Å²) in [5.41, 5.74) is 1.17. The highest BCUT2D eigenvalue weighted by Crippen LogP contribution is 2.23. The molecule has 0 bridgehead atoms. The number of carbonyl (C=O) groups excluding carboxylic acids is 1. The molecule has 0 aromatic carbocycles. The van der Waals surface area contributed by atoms with Crippen LogP contribution in [0, 0.1) is 0 Å². The molecule has 112 valence electrons. The van der Waals surface area contributed by atoms with Gasteiger partial charge in [-0.1, -0.05) is 20.8 Å². The molecular weight excluding hydrogens is 290 g/mol. The first kappa shape index (κ1) is 15.8. The topological polar surface area (TPSA) is 54.0 Å². The maximum atomic E-state index is 11.9. The number of hydrogen-bond donors (Lipinski definition) is 2. The van der Waals surface area contributed by atoms with Gasteiger partial charge in [0.15, 0.2) is 0 Å². The highest BCUT2D eigenvalue weighted by atomic mass is 32.2. The minimum Gasteiger partial charge on any atom is -0.350 e. The third kappa shape index (κ3) is 4.75. The SMILES string of the molecule is CC(C)(C)c1csc(CNC(=O)CC2CSCCN2)n1. The van der Waals surface area contributed by atoms with Crippen molar-refractivity contribution < 1.29 is 4.79 Å². The van der Waals surface area contributed by atoms with E-state index in [0.717, 1.165) is 28.8 Å². The van der Waals surface area contributed by atoms with Crippen LogP contribution in [0.1, 0.15) is 37.9 Å². The number of nitrogens with one attached hydrogen (secondary N) is 2. The molecule has 0 saturated carbocycles. The molecular formula is C14H23N3OS2. The molecule has 2 heterocycles. The second-order valence-electron chi connectivity index (χ2n) is 6.08. The Morgan fingerprint density at radius 2 is 2.35 bits per heavy atom. The van der Waals surface area contributed by atoms with E-state index in [2.05, 4.69) is 41.8 Å². The van der Waals surface area contributed by atoms with Gasteiger partial charge in [0, 0.05) is 41.3 Å². The summed E-state index contributed by atoms with van der Waals surface area (Å²) < 4.78 is 0. The molecule has 1 aliphatic heterocycles. The van der Waals surface area contributed by atoms with Crippen LogP contribution in [-0.4, -0.2) is 35.0 Å². The molecule has 1 aromatic rings. The first-order chi connectivity index (χ1) is 9.45. The fraction of sp³-hybridized carbons (Fsp3) is 0.714. The minimum atomic E-state index is 0.0714. The standard InChI is InChI=1S/C14H23N3OS2/c1-14(2,3)11-9-20-13(17-11)7-16-12(18)6-10-8-19-5-4-15-10/h9-10,15H,4-8H2,1-3H3,(H,16,18). The monoisotopic (exact) mass is 313 g/mol. The number of aromatic nitrogens is 1. The predicted molar refractivity (Wildman–Crippen MR) is 86.4 cm³/mol. The lowest BCUT2D eigenvalue weighted by molar-refractivity contribution is -0.121. The molecule has 1 atom stereocenters. The number of rotatable bonds is 4. The highest BCUT2D eigenvalue weighted by Gasteiger charge is 2.19. The number of thioether (sulfide) groups is 1. The van der Waals surface area contributed by atoms with Crippen molar-refractivity contribution >= 4 is 29.0 Å². The first-order valence-electron chi connectivity index (χ1n) is 6.98. The van der Waals surface area contributed by atoms with Gasteiger partial charge in [0.05, 0.1) is 12.2 Å². The lowest BCUT2D eigenvalue weighted by atomic mass is 9.93. The van der Waals surface area contributed by atoms with Gasteiger partial charge in [0.2, 0.25) is 5.91 Å². The number of nitrogens with zero attached hydrogens (tertiary/aromatic N) is 1. The Morgan fingerprint density at radius 1 is 1.55 bits per heavy atom. The van der Waals surface area contributed by atoms with Gasteiger partial charge < -0.3 is 10.6 Å². The van der Waals surface area contributed by atoms with Crippen molar-refractivity contribution in [1.29, 1.82) is 0 Å². The van der Waals surface area contributed by atoms with Gasteiger partial charge in [-0.25, -0.2) is 4.98 Å². The molecule has 2 N–H and O–H groups in total. The van der Waals surface area contributed by atoms with Crippen LogP contribution in [0.2, 0.25) is 0 Å². The van der Waals surface area contributed by atoms with E-state index < -0.39 is 0 Å². The van der Waals surface area contributed by atoms with Crippen molar-refractivity contribution in [1.82, 2.24) is 15.6 Å². The Kier molecular flexibility index (Phi) is 5.46. The fourth-order valence-corrected chi connectivity index (χ4v) is 3.87. The summed E-state index contributed by atoms with van der Waals surface area (Å²) in [4.78, 5) is 16.5. The molecule has 0 aliphatic carbocycles. The molecule has 1 aliphatic rings. The predicted octanol–water partition coefficient (Wildman–Crippen LogP) is 2.15. The number of carbonyl (C=O) groups is 1. The Labute approximate surface area is 129 Å². The molecule has 1 amide bonds. The molecule has 4 nitrogen and oxygen atoms in total. The van der Waals surface area contributed by atoms with Gasteiger partial charge >= 0.3 is 0 Å². The molecule has 2 rings (SSSR count). The molecule has 20 heavy (non-hydrogen) atoms. The Bertz CT molecular complexity index is 448. The second-order valence-corrected chi connectivity index (χ2v) is 8.18. The molecule has 0 radical (unpaired) electrons. The van der Waals surface area contributed by atoms with Crippen LogP contribution in [0.4, 0.5) is 0 Å². The molecule has 1 fully saturated rings. The normalized spacial score (nSPS) is 19.9. The van der Waals surface area contributed by atoms with Crippen LogP contribution in [0.25, 0.3) is 0 Å². The van der Waals surface area contributed by atoms with Gasteiger partial charge in [0.1, 0.15) is 5.01 Å². The Morgan fingerprint density at radius 3 is 2.95 bits per heavy atom. The zero-order chi connectivity index (χ0) is 14.6. The van der Waals surface area contributed by atoms with Crippen molar-refractivity contribution in [2.24, 2.45) is 0 Å². The summed E-state index contributed by atoms with van der Waals surface area (Å²) in [5.74, 6) is 2.28. The maximum Gasteiger partial charge on any atom is 0.221 e. The van der Waals surface area contributed by atoms with Crippen LogP contribution >= 0.6 is 23.1 Å². The maximum absolute atomic E-state index is 11.9. The zero-order valence-corrected chi connectivity index (χ0v) is 14.0. The Hall–Kier alpha value is -0.590. The Balaban J connectivity index is 1.76. The summed E-state index contributed by atoms with van der Waals surface area (Å²) in [5, 5.41) is 9.41. The van der Waals surface area contributed by atoms with E-state index in [1.807, 2.05) is 11.8 Å². The second kappa shape index (κ2) is 6.91. The van der Waals surface area contributed by atoms with Gasteiger partial charge in [-0.3, -0.25) is 4.79 Å². The van der Waals surface area contributed by atoms with Crippen LogP contribution < -0.4 is 10.6 Å². The molecule has 1 saturated heterocycles. The van der Waals surface area contributed by atoms with E-state index in [4.69, 9.17) is 0 Å². The van der Waals surface area contributed by atoms with Crippen molar-refractivity contribution in [3.63, 3.8) is 0 Å². The van der Waals surface area contributed by atoms with Crippen molar-refractivity contribution in [3.05, 3.63) is 16.1 Å². The third-order valence-corrected chi connectivity index (χ3v) is 5.17. The smallest absolute Gasteiger partial charge is 0.221 e. The van der Waals surface area contributed by atoms with Crippen LogP contribution in [0.5, 0.6) is 0 Å². The van der Waals surface area contributed by atoms with Gasteiger partial charge in [-0.05, 0) is 0 Å². The quantitative estimate of drug-likeness (QED) is 0.894. The van der Waals surface area contributed by atoms with E-state index in [9.17, 15) is 4.79 Å². The molecule has 6 heteroatoms. The summed E-state index contributed by atoms with van der Waals surface area (Å²) in [6.07, 6.45) is 0.560. The van der Waals surface area contributed by atoms with Crippen molar-refractivity contribution in [2.75, 3.05) is 18.1 Å². The number of amides is 1. The molecule has 1 unspecified atom stereocenters. The fourth-order valence-electron chi connectivity index (χ4n) is 1.96. The van der Waals surface area contributed by atoms with Crippen LogP contribution in [-0.2, 0) is 16.8 Å². The van der Waals surface area contributed by atoms with E-state index in [1.54, 1.807) is 11.3 Å². The molecule has 0 spiro atoms. The molecule has 1 aromatic heterocycles. The van der Waals surface area contributed by atoms with Gasteiger partial charge in [-0.2, -0.15) is 11.8 Å². The van der Waals surface area contributed by atoms with Gasteiger partial charge in [0.25, 0.3) is 0 Å². The first-order valence-corrected chi connectivity index (χ1v) is 9.01. The van der Waals surface area contributed by atoms with E-state index in [-0.39, 0.29) is 11.3 Å². The van der Waals surface area contributed by atoms with Crippen LogP contribution in [0.15, 0.2) is 5.38 Å². The van der Waals surface area contributed by atoms with E-state index in [0.29, 0.717) is 19.0 Å². The average Bonchev–Trinajstić information content (AvgIpc) is 2.86. The minimum absolute atomic E-state index is 0.0714. The van der Waals surface area contributed by atoms with Crippen LogP contribution in [0.3, 0.4) is 0 Å². The number of hydrogen-bond acceptors (Lipinski definition) is 5. The summed E-state index contributed by atoms with van der Waals surface area (Å²) in [6, 6.07) is 0.315.